The molecule has 1 atom stereocenters. The quantitative estimate of drug-likeness (QED) is 0.757. The molecule has 0 unspecified atom stereocenters. The predicted octanol–water partition coefficient (Wildman–Crippen LogP) is 2.10. The van der Waals surface area contributed by atoms with Gasteiger partial charge in [-0.15, -0.1) is 0 Å². The molecule has 2 amide bonds. The summed E-state index contributed by atoms with van der Waals surface area (Å²) in [4.78, 5) is 14.1. The van der Waals surface area contributed by atoms with E-state index in [0.29, 0.717) is 12.6 Å². The van der Waals surface area contributed by atoms with Crippen molar-refractivity contribution in [3.63, 3.8) is 0 Å². The Kier molecular flexibility index (Phi) is 5.29. The number of urea groups is 1. The predicted molar refractivity (Wildman–Crippen MR) is 73.7 cm³/mol. The van der Waals surface area contributed by atoms with Crippen molar-refractivity contribution in [1.82, 2.24) is 15.5 Å². The number of carbonyl (C=O) groups excluding carboxylic acids is 1. The third-order valence-corrected chi connectivity index (χ3v) is 4.23. The molecule has 0 aromatic heterocycles. The first-order chi connectivity index (χ1) is 8.79. The van der Waals surface area contributed by atoms with Crippen LogP contribution in [0.3, 0.4) is 0 Å². The summed E-state index contributed by atoms with van der Waals surface area (Å²) < 4.78 is 0. The highest BCUT2D eigenvalue weighted by Crippen LogP contribution is 2.24. The van der Waals surface area contributed by atoms with E-state index in [0.717, 1.165) is 25.6 Å². The monoisotopic (exact) mass is 253 g/mol. The van der Waals surface area contributed by atoms with E-state index in [1.54, 1.807) is 0 Å². The van der Waals surface area contributed by atoms with Gasteiger partial charge in [-0.25, -0.2) is 4.79 Å². The second-order valence-corrected chi connectivity index (χ2v) is 5.63. The molecule has 1 saturated carbocycles. The summed E-state index contributed by atoms with van der Waals surface area (Å²) >= 11 is 0. The van der Waals surface area contributed by atoms with Crippen molar-refractivity contribution in [2.75, 3.05) is 19.6 Å². The van der Waals surface area contributed by atoms with Crippen molar-refractivity contribution >= 4 is 6.03 Å². The molecule has 4 nitrogen and oxygen atoms in total. The third kappa shape index (κ3) is 3.87. The van der Waals surface area contributed by atoms with Gasteiger partial charge in [0, 0.05) is 31.7 Å². The number of rotatable bonds is 3. The van der Waals surface area contributed by atoms with E-state index in [-0.39, 0.29) is 6.03 Å². The highest BCUT2D eigenvalue weighted by atomic mass is 16.2. The van der Waals surface area contributed by atoms with Crippen LogP contribution in [0.5, 0.6) is 0 Å². The second-order valence-electron chi connectivity index (χ2n) is 5.63. The Hall–Kier alpha value is -0.770. The minimum absolute atomic E-state index is 0.00906. The normalized spacial score (nSPS) is 26.8. The van der Waals surface area contributed by atoms with E-state index < -0.39 is 0 Å². The smallest absolute Gasteiger partial charge is 0.315 e. The molecule has 1 saturated heterocycles. The first kappa shape index (κ1) is 13.7. The SMILES string of the molecule is CCNC(=O)N[C@H]1CCN(C2CCCCCC2)C1. The zero-order valence-electron chi connectivity index (χ0n) is 11.6. The van der Waals surface area contributed by atoms with Crippen LogP contribution in [0.2, 0.25) is 0 Å². The van der Waals surface area contributed by atoms with E-state index in [2.05, 4.69) is 15.5 Å². The third-order valence-electron chi connectivity index (χ3n) is 4.23. The molecule has 2 rings (SSSR count). The van der Waals surface area contributed by atoms with E-state index in [1.165, 1.54) is 38.5 Å². The molecular weight excluding hydrogens is 226 g/mol. The molecule has 4 heteroatoms. The number of hydrogen-bond donors (Lipinski definition) is 2. The zero-order valence-corrected chi connectivity index (χ0v) is 11.6. The highest BCUT2D eigenvalue weighted by molar-refractivity contribution is 5.74. The minimum Gasteiger partial charge on any atom is -0.338 e. The van der Waals surface area contributed by atoms with E-state index in [9.17, 15) is 4.79 Å². The lowest BCUT2D eigenvalue weighted by Gasteiger charge is -2.26. The minimum atomic E-state index is -0.00906. The second kappa shape index (κ2) is 6.98. The molecule has 0 radical (unpaired) electrons. The van der Waals surface area contributed by atoms with Crippen molar-refractivity contribution in [3.8, 4) is 0 Å². The number of amides is 2. The molecule has 1 heterocycles. The zero-order chi connectivity index (χ0) is 12.8. The molecule has 0 aromatic rings. The van der Waals surface area contributed by atoms with Crippen LogP contribution in [0, 0.1) is 0 Å². The molecule has 104 valence electrons. The van der Waals surface area contributed by atoms with Gasteiger partial charge in [0.15, 0.2) is 0 Å². The van der Waals surface area contributed by atoms with Crippen LogP contribution in [-0.4, -0.2) is 42.6 Å². The molecule has 18 heavy (non-hydrogen) atoms. The molecular formula is C14H27N3O. The maximum Gasteiger partial charge on any atom is 0.315 e. The molecule has 0 spiro atoms. The lowest BCUT2D eigenvalue weighted by atomic mass is 10.1. The Bertz CT molecular complexity index is 262. The summed E-state index contributed by atoms with van der Waals surface area (Å²) in [6.45, 7) is 4.85. The van der Waals surface area contributed by atoms with Gasteiger partial charge in [0.2, 0.25) is 0 Å². The fraction of sp³-hybridized carbons (Fsp3) is 0.929. The fourth-order valence-electron chi connectivity index (χ4n) is 3.26. The Labute approximate surface area is 110 Å². The van der Waals surface area contributed by atoms with Gasteiger partial charge in [-0.05, 0) is 26.2 Å². The lowest BCUT2D eigenvalue weighted by molar-refractivity contribution is 0.212. The Morgan fingerprint density at radius 2 is 1.89 bits per heavy atom. The van der Waals surface area contributed by atoms with Crippen LogP contribution in [0.1, 0.15) is 51.9 Å². The summed E-state index contributed by atoms with van der Waals surface area (Å²) in [6.07, 6.45) is 9.40. The number of likely N-dealkylation sites (tertiary alicyclic amines) is 1. The van der Waals surface area contributed by atoms with E-state index in [4.69, 9.17) is 0 Å². The molecule has 2 N–H and O–H groups in total. The van der Waals surface area contributed by atoms with Gasteiger partial charge >= 0.3 is 6.03 Å². The average molecular weight is 253 g/mol. The number of hydrogen-bond acceptors (Lipinski definition) is 2. The van der Waals surface area contributed by atoms with Gasteiger partial charge in [-0.3, -0.25) is 4.90 Å². The first-order valence-corrected chi connectivity index (χ1v) is 7.58. The van der Waals surface area contributed by atoms with Crippen LogP contribution in [0.25, 0.3) is 0 Å². The number of nitrogens with zero attached hydrogens (tertiary/aromatic N) is 1. The molecule has 1 aliphatic heterocycles. The van der Waals surface area contributed by atoms with Crippen molar-refractivity contribution in [3.05, 3.63) is 0 Å². The maximum atomic E-state index is 11.5. The fourth-order valence-corrected chi connectivity index (χ4v) is 3.26. The van der Waals surface area contributed by atoms with Crippen molar-refractivity contribution in [1.29, 1.82) is 0 Å². The van der Waals surface area contributed by atoms with E-state index in [1.807, 2.05) is 6.92 Å². The van der Waals surface area contributed by atoms with Crippen molar-refractivity contribution in [2.45, 2.75) is 64.0 Å². The molecule has 1 aliphatic carbocycles. The number of nitrogens with one attached hydrogen (secondary N) is 2. The van der Waals surface area contributed by atoms with Crippen molar-refractivity contribution < 1.29 is 4.79 Å². The lowest BCUT2D eigenvalue weighted by Crippen LogP contribution is -2.44. The highest BCUT2D eigenvalue weighted by Gasteiger charge is 2.29. The topological polar surface area (TPSA) is 44.4 Å². The molecule has 2 fully saturated rings. The number of carbonyl (C=O) groups is 1. The summed E-state index contributed by atoms with van der Waals surface area (Å²) in [7, 11) is 0. The summed E-state index contributed by atoms with van der Waals surface area (Å²) in [5, 5.41) is 5.88. The molecule has 0 bridgehead atoms. The maximum absolute atomic E-state index is 11.5. The van der Waals surface area contributed by atoms with Crippen molar-refractivity contribution in [2.24, 2.45) is 0 Å². The van der Waals surface area contributed by atoms with Crippen LogP contribution in [0.4, 0.5) is 4.79 Å². The average Bonchev–Trinajstić information content (AvgIpc) is 2.64. The largest absolute Gasteiger partial charge is 0.338 e. The van der Waals surface area contributed by atoms with Gasteiger partial charge in [0.25, 0.3) is 0 Å². The first-order valence-electron chi connectivity index (χ1n) is 7.58. The van der Waals surface area contributed by atoms with Gasteiger partial charge in [0.05, 0.1) is 0 Å². The van der Waals surface area contributed by atoms with Crippen LogP contribution in [0.15, 0.2) is 0 Å². The Morgan fingerprint density at radius 3 is 2.56 bits per heavy atom. The van der Waals surface area contributed by atoms with Gasteiger partial charge < -0.3 is 10.6 Å². The Balaban J connectivity index is 1.75. The van der Waals surface area contributed by atoms with Gasteiger partial charge in [-0.1, -0.05) is 25.7 Å². The summed E-state index contributed by atoms with van der Waals surface area (Å²) in [5.74, 6) is 0. The van der Waals surface area contributed by atoms with Gasteiger partial charge in [0.1, 0.15) is 0 Å². The standard InChI is InChI=1S/C14H27N3O/c1-2-15-14(18)16-12-9-10-17(11-12)13-7-5-3-4-6-8-13/h12-13H,2-11H2,1H3,(H2,15,16,18)/t12-/m0/s1. The van der Waals surface area contributed by atoms with E-state index >= 15 is 0 Å². The van der Waals surface area contributed by atoms with Crippen LogP contribution in [-0.2, 0) is 0 Å². The Morgan fingerprint density at radius 1 is 1.17 bits per heavy atom. The van der Waals surface area contributed by atoms with Crippen LogP contribution >= 0.6 is 0 Å². The van der Waals surface area contributed by atoms with Crippen LogP contribution < -0.4 is 10.6 Å². The summed E-state index contributed by atoms with van der Waals surface area (Å²) in [5.41, 5.74) is 0. The molecule has 0 aromatic carbocycles. The van der Waals surface area contributed by atoms with Gasteiger partial charge in [-0.2, -0.15) is 0 Å². The molecule has 2 aliphatic rings. The summed E-state index contributed by atoms with van der Waals surface area (Å²) in [6, 6.07) is 1.11.